The van der Waals surface area contributed by atoms with Crippen molar-refractivity contribution in [3.8, 4) is 11.5 Å². The number of carbonyl (C=O) groups is 1. The fraction of sp³-hybridized carbons (Fsp3) is 0.450. The van der Waals surface area contributed by atoms with Gasteiger partial charge in [-0.25, -0.2) is 0 Å². The molecular weight excluding hydrogens is 302 g/mol. The molecule has 24 heavy (non-hydrogen) atoms. The second kappa shape index (κ2) is 8.04. The van der Waals surface area contributed by atoms with Gasteiger partial charge >= 0.3 is 0 Å². The van der Waals surface area contributed by atoms with Crippen molar-refractivity contribution in [2.24, 2.45) is 0 Å². The van der Waals surface area contributed by atoms with Crippen molar-refractivity contribution in [1.82, 2.24) is 5.32 Å². The SMILES string of the molecule is COc1ccc2ccc(OCC(=O)NC3CCCCCC3)cc2c1. The summed E-state index contributed by atoms with van der Waals surface area (Å²) in [6.07, 6.45) is 7.15. The molecule has 2 aromatic carbocycles. The Labute approximate surface area is 143 Å². The number of fused-ring (bicyclic) bond motifs is 1. The van der Waals surface area contributed by atoms with E-state index in [1.807, 2.05) is 36.4 Å². The molecule has 1 amide bonds. The van der Waals surface area contributed by atoms with Crippen LogP contribution in [0.4, 0.5) is 0 Å². The summed E-state index contributed by atoms with van der Waals surface area (Å²) in [4.78, 5) is 12.1. The lowest BCUT2D eigenvalue weighted by atomic mass is 10.1. The molecule has 128 valence electrons. The molecule has 3 rings (SSSR count). The maximum Gasteiger partial charge on any atom is 0.258 e. The number of nitrogens with one attached hydrogen (secondary N) is 1. The smallest absolute Gasteiger partial charge is 0.258 e. The van der Waals surface area contributed by atoms with Crippen molar-refractivity contribution in [3.63, 3.8) is 0 Å². The van der Waals surface area contributed by atoms with Gasteiger partial charge in [-0.05, 0) is 47.9 Å². The van der Waals surface area contributed by atoms with Gasteiger partial charge in [0.25, 0.3) is 5.91 Å². The van der Waals surface area contributed by atoms with Gasteiger partial charge in [0, 0.05) is 6.04 Å². The van der Waals surface area contributed by atoms with E-state index >= 15 is 0 Å². The fourth-order valence-corrected chi connectivity index (χ4v) is 3.26. The molecular formula is C20H25NO3. The molecule has 0 unspecified atom stereocenters. The van der Waals surface area contributed by atoms with Crippen LogP contribution in [0, 0.1) is 0 Å². The number of benzene rings is 2. The van der Waals surface area contributed by atoms with Gasteiger partial charge in [-0.1, -0.05) is 37.8 Å². The van der Waals surface area contributed by atoms with Gasteiger partial charge in [0.2, 0.25) is 0 Å². The number of rotatable bonds is 5. The lowest BCUT2D eigenvalue weighted by molar-refractivity contribution is -0.123. The lowest BCUT2D eigenvalue weighted by Gasteiger charge is -2.16. The van der Waals surface area contributed by atoms with Crippen LogP contribution in [-0.4, -0.2) is 25.7 Å². The highest BCUT2D eigenvalue weighted by molar-refractivity contribution is 5.85. The average molecular weight is 327 g/mol. The van der Waals surface area contributed by atoms with Gasteiger partial charge in [-0.15, -0.1) is 0 Å². The summed E-state index contributed by atoms with van der Waals surface area (Å²) >= 11 is 0. The number of ether oxygens (including phenoxy) is 2. The number of hydrogen-bond acceptors (Lipinski definition) is 3. The van der Waals surface area contributed by atoms with Gasteiger partial charge in [-0.2, -0.15) is 0 Å². The van der Waals surface area contributed by atoms with E-state index in [4.69, 9.17) is 9.47 Å². The van der Waals surface area contributed by atoms with Gasteiger partial charge in [-0.3, -0.25) is 4.79 Å². The first-order chi connectivity index (χ1) is 11.7. The standard InChI is InChI=1S/C20H25NO3/c1-23-18-10-8-15-9-11-19(13-16(15)12-18)24-14-20(22)21-17-6-4-2-3-5-7-17/h8-13,17H,2-7,14H2,1H3,(H,21,22). The molecule has 0 radical (unpaired) electrons. The van der Waals surface area contributed by atoms with Gasteiger partial charge in [0.1, 0.15) is 11.5 Å². The summed E-state index contributed by atoms with van der Waals surface area (Å²) < 4.78 is 10.9. The summed E-state index contributed by atoms with van der Waals surface area (Å²) in [5.74, 6) is 1.48. The molecule has 2 aromatic rings. The third kappa shape index (κ3) is 4.40. The van der Waals surface area contributed by atoms with E-state index in [9.17, 15) is 4.79 Å². The summed E-state index contributed by atoms with van der Waals surface area (Å²) in [5.41, 5.74) is 0. The molecule has 0 spiro atoms. The van der Waals surface area contributed by atoms with Gasteiger partial charge in [0.15, 0.2) is 6.61 Å². The zero-order valence-electron chi connectivity index (χ0n) is 14.2. The van der Waals surface area contributed by atoms with Crippen molar-refractivity contribution < 1.29 is 14.3 Å². The fourth-order valence-electron chi connectivity index (χ4n) is 3.26. The van der Waals surface area contributed by atoms with Crippen LogP contribution in [0.3, 0.4) is 0 Å². The average Bonchev–Trinajstić information content (AvgIpc) is 2.88. The second-order valence-electron chi connectivity index (χ2n) is 6.42. The Balaban J connectivity index is 1.57. The van der Waals surface area contributed by atoms with Crippen molar-refractivity contribution in [1.29, 1.82) is 0 Å². The molecule has 0 heterocycles. The highest BCUT2D eigenvalue weighted by Crippen LogP contribution is 2.25. The van der Waals surface area contributed by atoms with Crippen molar-refractivity contribution in [2.45, 2.75) is 44.6 Å². The molecule has 4 nitrogen and oxygen atoms in total. The normalized spacial score (nSPS) is 15.7. The zero-order valence-corrected chi connectivity index (χ0v) is 14.2. The first-order valence-corrected chi connectivity index (χ1v) is 8.74. The minimum Gasteiger partial charge on any atom is -0.497 e. The molecule has 0 bridgehead atoms. The molecule has 0 atom stereocenters. The van der Waals surface area contributed by atoms with Gasteiger partial charge < -0.3 is 14.8 Å². The molecule has 1 aliphatic carbocycles. The third-order valence-electron chi connectivity index (χ3n) is 4.61. The Morgan fingerprint density at radius 1 is 1.00 bits per heavy atom. The molecule has 0 aliphatic heterocycles. The zero-order chi connectivity index (χ0) is 16.8. The molecule has 0 saturated heterocycles. The Bertz CT molecular complexity index is 690. The highest BCUT2D eigenvalue weighted by Gasteiger charge is 2.14. The predicted octanol–water partition coefficient (Wildman–Crippen LogP) is 4.07. The van der Waals surface area contributed by atoms with E-state index in [2.05, 4.69) is 5.32 Å². The van der Waals surface area contributed by atoms with E-state index in [-0.39, 0.29) is 12.5 Å². The first-order valence-electron chi connectivity index (χ1n) is 8.74. The molecule has 4 heteroatoms. The highest BCUT2D eigenvalue weighted by atomic mass is 16.5. The topological polar surface area (TPSA) is 47.6 Å². The van der Waals surface area contributed by atoms with Crippen LogP contribution in [0.5, 0.6) is 11.5 Å². The first kappa shape index (κ1) is 16.6. The van der Waals surface area contributed by atoms with Crippen LogP contribution in [0.1, 0.15) is 38.5 Å². The van der Waals surface area contributed by atoms with E-state index < -0.39 is 0 Å². The Hall–Kier alpha value is -2.23. The molecule has 0 aromatic heterocycles. The third-order valence-corrected chi connectivity index (χ3v) is 4.61. The number of amides is 1. The van der Waals surface area contributed by atoms with Crippen LogP contribution in [0.25, 0.3) is 10.8 Å². The molecule has 1 aliphatic rings. The van der Waals surface area contributed by atoms with Crippen molar-refractivity contribution in [2.75, 3.05) is 13.7 Å². The number of hydrogen-bond donors (Lipinski definition) is 1. The summed E-state index contributed by atoms with van der Waals surface area (Å²) in [6.45, 7) is 0.0615. The lowest BCUT2D eigenvalue weighted by Crippen LogP contribution is -2.37. The Morgan fingerprint density at radius 3 is 2.38 bits per heavy atom. The van der Waals surface area contributed by atoms with Gasteiger partial charge in [0.05, 0.1) is 7.11 Å². The largest absolute Gasteiger partial charge is 0.497 e. The summed E-state index contributed by atoms with van der Waals surface area (Å²) in [5, 5.41) is 5.26. The summed E-state index contributed by atoms with van der Waals surface area (Å²) in [6, 6.07) is 12.1. The Kier molecular flexibility index (Phi) is 5.57. The minimum absolute atomic E-state index is 0.0346. The maximum absolute atomic E-state index is 12.1. The summed E-state index contributed by atoms with van der Waals surface area (Å²) in [7, 11) is 1.65. The Morgan fingerprint density at radius 2 is 1.67 bits per heavy atom. The monoisotopic (exact) mass is 327 g/mol. The van der Waals surface area contributed by atoms with Crippen LogP contribution in [0.2, 0.25) is 0 Å². The van der Waals surface area contributed by atoms with Crippen LogP contribution < -0.4 is 14.8 Å². The van der Waals surface area contributed by atoms with Crippen LogP contribution >= 0.6 is 0 Å². The van der Waals surface area contributed by atoms with Crippen molar-refractivity contribution in [3.05, 3.63) is 36.4 Å². The molecule has 1 N–H and O–H groups in total. The molecule has 1 saturated carbocycles. The maximum atomic E-state index is 12.1. The van der Waals surface area contributed by atoms with Crippen LogP contribution in [0.15, 0.2) is 36.4 Å². The number of methoxy groups -OCH3 is 1. The van der Waals surface area contributed by atoms with E-state index in [0.29, 0.717) is 11.8 Å². The van der Waals surface area contributed by atoms with E-state index in [1.165, 1.54) is 25.7 Å². The van der Waals surface area contributed by atoms with Crippen molar-refractivity contribution >= 4 is 16.7 Å². The van der Waals surface area contributed by atoms with E-state index in [0.717, 1.165) is 29.4 Å². The predicted molar refractivity (Wildman–Crippen MR) is 95.6 cm³/mol. The molecule has 1 fully saturated rings. The quantitative estimate of drug-likeness (QED) is 0.842. The van der Waals surface area contributed by atoms with Crippen LogP contribution in [-0.2, 0) is 4.79 Å². The number of carbonyl (C=O) groups excluding carboxylic acids is 1. The second-order valence-corrected chi connectivity index (χ2v) is 6.42. The van der Waals surface area contributed by atoms with E-state index in [1.54, 1.807) is 7.11 Å². The minimum atomic E-state index is -0.0346.